The molecular weight excluding hydrogens is 1420 g/mol. The Morgan fingerprint density at radius 3 is 0.604 bits per heavy atom. The van der Waals surface area contributed by atoms with Crippen molar-refractivity contribution in [1.29, 1.82) is 0 Å². The zero-order valence-corrected chi connectivity index (χ0v) is 63.1. The van der Waals surface area contributed by atoms with E-state index in [1.165, 1.54) is 77.5 Å². The van der Waals surface area contributed by atoms with Crippen molar-refractivity contribution >= 4 is 124 Å². The molecule has 0 spiro atoms. The molecule has 0 aromatic heterocycles. The van der Waals surface area contributed by atoms with Gasteiger partial charge in [-0.3, -0.25) is 13.7 Å². The van der Waals surface area contributed by atoms with Crippen LogP contribution in [0.5, 0.6) is 0 Å². The third-order valence-corrected chi connectivity index (χ3v) is 39.5. The summed E-state index contributed by atoms with van der Waals surface area (Å²) in [5, 5.41) is 17.0. The van der Waals surface area contributed by atoms with Crippen molar-refractivity contribution in [2.75, 3.05) is 0 Å². The summed E-state index contributed by atoms with van der Waals surface area (Å²) < 4.78 is 72.0. The fourth-order valence-electron chi connectivity index (χ4n) is 11.5. The zero-order valence-electron chi connectivity index (χ0n) is 56.0. The largest absolute Gasteiger partial charge is 0.756 e. The number of benzene rings is 12. The van der Waals surface area contributed by atoms with Crippen molar-refractivity contribution < 1.29 is 55.9 Å². The van der Waals surface area contributed by atoms with Gasteiger partial charge in [0, 0.05) is 37.9 Å². The van der Waals surface area contributed by atoms with Crippen LogP contribution in [0.1, 0.15) is 27.7 Å². The molecule has 23 heteroatoms. The molecule has 12 aromatic rings. The molecule has 0 aliphatic carbocycles. The Labute approximate surface area is 593 Å². The number of quaternary nitrogens is 1. The van der Waals surface area contributed by atoms with E-state index in [4.69, 9.17) is 9.03 Å². The van der Waals surface area contributed by atoms with Crippen LogP contribution in [0.15, 0.2) is 373 Å². The standard InChI is InChI=1S/2C36H30NP2.C3H11NO11P4.C3H9N/c2*1-7-19-31(20-8-1)38(32-21-9-2-10-22-32,33-23-11-3-12-24-33)37-39(34-25-13-4-14-26-34,35-27-15-5-16-28-35)36-29-17-6-18-30-36;1-3(2)4-16(5)12-17(6,7)14-19(10,11)15-18(8,9)13-16;1-3(2)4/h2*1-30H;3H,1-2H3,(H,4,5)(H,6,7)(H,8,9)(H,10,11);3H,4H2,1-2H3/q2*+1;;/p-2. The van der Waals surface area contributed by atoms with Crippen molar-refractivity contribution in [3.8, 4) is 0 Å². The number of nitrogens with zero attached hydrogens (tertiary/aromatic N) is 2. The highest BCUT2D eigenvalue weighted by Crippen LogP contribution is 2.75. The van der Waals surface area contributed by atoms with Crippen molar-refractivity contribution in [3.05, 3.63) is 364 Å². The highest BCUT2D eigenvalue weighted by Gasteiger charge is 2.52. The van der Waals surface area contributed by atoms with Gasteiger partial charge >= 0.3 is 7.75 Å². The van der Waals surface area contributed by atoms with E-state index in [1.54, 1.807) is 0 Å². The summed E-state index contributed by atoms with van der Waals surface area (Å²) in [6.07, 6.45) is 0. The number of rotatable bonds is 16. The topological polar surface area (TPSA) is 239 Å². The van der Waals surface area contributed by atoms with Crippen molar-refractivity contribution in [3.63, 3.8) is 0 Å². The number of phosphoric acid groups is 3. The normalized spacial score (nSPS) is 18.5. The summed E-state index contributed by atoms with van der Waals surface area (Å²) in [7, 11) is -32.1. The van der Waals surface area contributed by atoms with Gasteiger partial charge in [-0.25, -0.2) is 26.9 Å². The van der Waals surface area contributed by atoms with Gasteiger partial charge in [0.2, 0.25) is 14.8 Å². The van der Waals surface area contributed by atoms with E-state index >= 15 is 0 Å². The molecule has 2 atom stereocenters. The van der Waals surface area contributed by atoms with Gasteiger partial charge in [-0.05, 0) is 100 Å². The van der Waals surface area contributed by atoms with Gasteiger partial charge in [0.25, 0.3) is 23.5 Å². The van der Waals surface area contributed by atoms with E-state index in [-0.39, 0.29) is 0 Å². The summed E-state index contributed by atoms with van der Waals surface area (Å²) in [5.74, 6) is 0. The lowest BCUT2D eigenvalue weighted by molar-refractivity contribution is -0.407. The number of hydrogen-bond acceptors (Lipinski definition) is 13. The van der Waals surface area contributed by atoms with E-state index in [1.807, 2.05) is 5.09 Å². The number of nitrogens with one attached hydrogen (secondary N) is 1. The van der Waals surface area contributed by atoms with Gasteiger partial charge in [-0.2, -0.15) is 0 Å². The Balaban J connectivity index is 0.000000168. The first-order valence-corrected chi connectivity index (χ1v) is 45.3. The molecule has 0 radical (unpaired) electrons. The highest BCUT2D eigenvalue weighted by atomic mass is 31.3. The van der Waals surface area contributed by atoms with Crippen LogP contribution >= 0.6 is 60.1 Å². The Morgan fingerprint density at radius 2 is 0.446 bits per heavy atom. The van der Waals surface area contributed by atoms with Gasteiger partial charge in [0.15, 0.2) is 0 Å². The molecule has 1 saturated heterocycles. The lowest BCUT2D eigenvalue weighted by Crippen LogP contribution is -2.57. The third-order valence-electron chi connectivity index (χ3n) is 15.3. The van der Waals surface area contributed by atoms with Crippen LogP contribution in [0.2, 0.25) is 0 Å². The minimum absolute atomic E-state index is 0.583. The molecular formula is C78H78N4O11P8. The van der Waals surface area contributed by atoms with E-state index in [2.05, 4.69) is 401 Å². The second-order valence-electron chi connectivity index (χ2n) is 23.6. The maximum atomic E-state index is 11.8. The fraction of sp³-hybridized carbons (Fsp3) is 0.0769. The van der Waals surface area contributed by atoms with Crippen LogP contribution < -0.4 is 89.2 Å². The van der Waals surface area contributed by atoms with Crippen molar-refractivity contribution in [2.24, 2.45) is 9.03 Å². The molecule has 101 heavy (non-hydrogen) atoms. The minimum Gasteiger partial charge on any atom is -0.756 e. The van der Waals surface area contributed by atoms with E-state index in [0.29, 0.717) is 6.04 Å². The molecule has 13 rings (SSSR count). The molecule has 12 aromatic carbocycles. The second kappa shape index (κ2) is 34.7. The first-order chi connectivity index (χ1) is 48.7. The molecule has 4 N–H and O–H groups in total. The predicted molar refractivity (Wildman–Crippen MR) is 417 cm³/mol. The minimum atomic E-state index is -5.79. The van der Waals surface area contributed by atoms with E-state index in [9.17, 15) is 32.9 Å². The summed E-state index contributed by atoms with van der Waals surface area (Å²) >= 11 is 0. The monoisotopic (exact) mass is 1490 g/mol. The van der Waals surface area contributed by atoms with Crippen LogP contribution in [0, 0.1) is 0 Å². The number of hydrogen-bond donors (Lipinski definition) is 2. The maximum absolute atomic E-state index is 11.8. The summed E-state index contributed by atoms with van der Waals surface area (Å²) in [4.78, 5) is 33.0. The molecule has 2 unspecified atom stereocenters. The molecule has 1 heterocycles. The summed E-state index contributed by atoms with van der Waals surface area (Å²) in [5.41, 5.74) is 3.64. The van der Waals surface area contributed by atoms with E-state index < -0.39 is 66.2 Å². The SMILES string of the molecule is CC(C)NP1(=O)OP(=O)([O-])OP(=O)([O-])OP(=O)([O-])O1.CC(C)[NH3+].c1ccc(P(=N[P+](c2ccccc2)(c2ccccc2)c2ccccc2)(c2ccccc2)c2ccccc2)cc1.c1ccc(P(=N[P+](c2ccccc2)(c2ccccc2)c2ccccc2)(c2ccccc2)c2ccccc2)cc1. The van der Waals surface area contributed by atoms with Gasteiger partial charge < -0.3 is 20.4 Å². The molecule has 0 bridgehead atoms. The average Bonchev–Trinajstić information content (AvgIpc) is 0.725. The quantitative estimate of drug-likeness (QED) is 0.0859. The van der Waals surface area contributed by atoms with Crippen LogP contribution in [0.25, 0.3) is 0 Å². The van der Waals surface area contributed by atoms with Crippen LogP contribution in [-0.4, -0.2) is 12.1 Å². The smallest absolute Gasteiger partial charge is 0.418 e. The average molecular weight is 1500 g/mol. The Morgan fingerprint density at radius 1 is 0.297 bits per heavy atom. The Bertz CT molecular complexity index is 4190. The lowest BCUT2D eigenvalue weighted by atomic mass is 10.4. The van der Waals surface area contributed by atoms with Crippen LogP contribution in [-0.2, 0) is 35.5 Å². The zero-order chi connectivity index (χ0) is 71.5. The summed E-state index contributed by atoms with van der Waals surface area (Å²) in [6.45, 7) is 6.83. The molecule has 516 valence electrons. The molecule has 15 nitrogen and oxygen atoms in total. The second-order valence-corrected chi connectivity index (χ2v) is 42.9. The third kappa shape index (κ3) is 18.7. The van der Waals surface area contributed by atoms with E-state index in [0.717, 1.165) is 0 Å². The molecule has 0 amide bonds. The van der Waals surface area contributed by atoms with Crippen LogP contribution in [0.4, 0.5) is 0 Å². The van der Waals surface area contributed by atoms with Gasteiger partial charge in [0.05, 0.1) is 6.04 Å². The van der Waals surface area contributed by atoms with Gasteiger partial charge in [0.1, 0.15) is 45.9 Å². The first kappa shape index (κ1) is 76.2. The summed E-state index contributed by atoms with van der Waals surface area (Å²) in [6, 6.07) is 131. The molecule has 1 fully saturated rings. The Kier molecular flexibility index (Phi) is 26.1. The lowest BCUT2D eigenvalue weighted by Gasteiger charge is -2.39. The first-order valence-electron chi connectivity index (χ1n) is 32.4. The fourth-order valence-corrected chi connectivity index (χ4v) is 37.1. The Hall–Kier alpha value is -7.48. The van der Waals surface area contributed by atoms with Crippen molar-refractivity contribution in [2.45, 2.75) is 39.8 Å². The predicted octanol–water partition coefficient (Wildman–Crippen LogP) is 13.4. The van der Waals surface area contributed by atoms with Gasteiger partial charge in [-0.15, -0.1) is 9.03 Å². The molecule has 1 aliphatic rings. The van der Waals surface area contributed by atoms with Gasteiger partial charge in [-0.1, -0.05) is 291 Å². The molecule has 0 saturated carbocycles. The molecule has 1 aliphatic heterocycles. The van der Waals surface area contributed by atoms with Crippen LogP contribution in [0.3, 0.4) is 0 Å². The maximum Gasteiger partial charge on any atom is 0.418 e. The van der Waals surface area contributed by atoms with Crippen molar-refractivity contribution in [1.82, 2.24) is 5.09 Å². The highest BCUT2D eigenvalue weighted by molar-refractivity contribution is 8.02.